The molecule has 3 aromatic rings. The summed E-state index contributed by atoms with van der Waals surface area (Å²) >= 11 is 0. The van der Waals surface area contributed by atoms with E-state index in [1.807, 2.05) is 24.3 Å². The van der Waals surface area contributed by atoms with Crippen LogP contribution >= 0.6 is 0 Å². The molecule has 30 heavy (non-hydrogen) atoms. The van der Waals surface area contributed by atoms with Gasteiger partial charge in [0.2, 0.25) is 15.8 Å². The molecule has 2 aromatic carbocycles. The highest BCUT2D eigenvalue weighted by Gasteiger charge is 2.25. The number of ether oxygens (including phenoxy) is 1. The van der Waals surface area contributed by atoms with Crippen molar-refractivity contribution in [3.63, 3.8) is 0 Å². The quantitative estimate of drug-likeness (QED) is 0.565. The van der Waals surface area contributed by atoms with Crippen molar-refractivity contribution in [2.45, 2.75) is 44.1 Å². The predicted octanol–water partition coefficient (Wildman–Crippen LogP) is 4.05. The van der Waals surface area contributed by atoms with E-state index in [0.717, 1.165) is 31.2 Å². The highest BCUT2D eigenvalue weighted by atomic mass is 32.2. The molecule has 2 heterocycles. The molecule has 8 heteroatoms. The number of hydrogen-bond acceptors (Lipinski definition) is 6. The molecule has 7 nitrogen and oxygen atoms in total. The van der Waals surface area contributed by atoms with Gasteiger partial charge in [-0.25, -0.2) is 8.42 Å². The Labute approximate surface area is 176 Å². The van der Waals surface area contributed by atoms with Crippen molar-refractivity contribution in [1.82, 2.24) is 14.4 Å². The van der Waals surface area contributed by atoms with E-state index in [-0.39, 0.29) is 11.5 Å². The molecule has 0 radical (unpaired) electrons. The van der Waals surface area contributed by atoms with Crippen molar-refractivity contribution >= 4 is 10.0 Å². The van der Waals surface area contributed by atoms with Crippen molar-refractivity contribution in [1.29, 1.82) is 0 Å². The molecule has 0 N–H and O–H groups in total. The van der Waals surface area contributed by atoms with Gasteiger partial charge in [-0.05, 0) is 49.1 Å². The molecular weight excluding hydrogens is 402 g/mol. The first-order valence-electron chi connectivity index (χ1n) is 10.2. The fourth-order valence-corrected chi connectivity index (χ4v) is 4.94. The van der Waals surface area contributed by atoms with Crippen LogP contribution in [0.15, 0.2) is 57.9 Å². The Kier molecular flexibility index (Phi) is 6.15. The van der Waals surface area contributed by atoms with Gasteiger partial charge in [-0.2, -0.15) is 9.29 Å². The summed E-state index contributed by atoms with van der Waals surface area (Å²) in [6.07, 6.45) is 3.88. The Bertz CT molecular complexity index is 1070. The minimum absolute atomic E-state index is 0.109. The average molecular weight is 428 g/mol. The number of piperidine rings is 1. The fourth-order valence-electron chi connectivity index (χ4n) is 3.43. The summed E-state index contributed by atoms with van der Waals surface area (Å²) in [6.45, 7) is 3.38. The van der Waals surface area contributed by atoms with E-state index in [4.69, 9.17) is 9.26 Å². The molecule has 0 amide bonds. The number of sulfonamides is 1. The summed E-state index contributed by atoms with van der Waals surface area (Å²) in [5.41, 5.74) is 2.13. The van der Waals surface area contributed by atoms with Gasteiger partial charge < -0.3 is 9.26 Å². The topological polar surface area (TPSA) is 85.5 Å². The van der Waals surface area contributed by atoms with Crippen LogP contribution in [0.4, 0.5) is 0 Å². The van der Waals surface area contributed by atoms with E-state index >= 15 is 0 Å². The number of aromatic nitrogens is 2. The molecule has 1 saturated heterocycles. The second-order valence-electron chi connectivity index (χ2n) is 7.29. The maximum absolute atomic E-state index is 12.7. The molecule has 158 valence electrons. The van der Waals surface area contributed by atoms with Crippen LogP contribution in [-0.4, -0.2) is 36.0 Å². The van der Waals surface area contributed by atoms with Crippen molar-refractivity contribution in [2.24, 2.45) is 0 Å². The molecule has 1 fully saturated rings. The van der Waals surface area contributed by atoms with E-state index in [1.54, 1.807) is 28.6 Å². The van der Waals surface area contributed by atoms with Crippen LogP contribution in [0, 0.1) is 0 Å². The number of rotatable bonds is 7. The number of hydrogen-bond donors (Lipinski definition) is 0. The second-order valence-corrected chi connectivity index (χ2v) is 9.22. The Hall–Kier alpha value is -2.71. The molecule has 0 saturated carbocycles. The van der Waals surface area contributed by atoms with Gasteiger partial charge in [0.1, 0.15) is 5.75 Å². The molecule has 1 aliphatic rings. The van der Waals surface area contributed by atoms with Gasteiger partial charge in [0.25, 0.3) is 5.89 Å². The lowest BCUT2D eigenvalue weighted by Gasteiger charge is -2.25. The third-order valence-corrected chi connectivity index (χ3v) is 7.14. The first kappa shape index (κ1) is 20.6. The lowest BCUT2D eigenvalue weighted by atomic mass is 10.1. The maximum Gasteiger partial charge on any atom is 0.264 e. The number of benzene rings is 2. The van der Waals surface area contributed by atoms with E-state index < -0.39 is 10.0 Å². The molecule has 4 rings (SSSR count). The van der Waals surface area contributed by atoms with Crippen molar-refractivity contribution in [3.05, 3.63) is 60.0 Å². The lowest BCUT2D eigenvalue weighted by Crippen LogP contribution is -2.35. The zero-order chi connectivity index (χ0) is 21.0. The van der Waals surface area contributed by atoms with E-state index in [2.05, 4.69) is 17.1 Å². The summed E-state index contributed by atoms with van der Waals surface area (Å²) in [7, 11) is -3.44. The van der Waals surface area contributed by atoms with Crippen molar-refractivity contribution in [2.75, 3.05) is 13.1 Å². The molecule has 1 aromatic heterocycles. The number of nitrogens with zero attached hydrogens (tertiary/aromatic N) is 3. The van der Waals surface area contributed by atoms with Gasteiger partial charge in [0, 0.05) is 18.7 Å². The third kappa shape index (κ3) is 4.55. The smallest absolute Gasteiger partial charge is 0.264 e. The fraction of sp³-hybridized carbons (Fsp3) is 0.364. The molecule has 0 atom stereocenters. The normalized spacial score (nSPS) is 15.2. The lowest BCUT2D eigenvalue weighted by molar-refractivity contribution is 0.243. The predicted molar refractivity (Wildman–Crippen MR) is 112 cm³/mol. The summed E-state index contributed by atoms with van der Waals surface area (Å²) in [6, 6.07) is 14.5. The van der Waals surface area contributed by atoms with Crippen molar-refractivity contribution < 1.29 is 17.7 Å². The Morgan fingerprint density at radius 2 is 1.70 bits per heavy atom. The zero-order valence-electron chi connectivity index (χ0n) is 17.0. The molecule has 0 spiro atoms. The third-order valence-electron chi connectivity index (χ3n) is 5.23. The monoisotopic (exact) mass is 427 g/mol. The van der Waals surface area contributed by atoms with Crippen LogP contribution in [0.3, 0.4) is 0 Å². The first-order valence-corrected chi connectivity index (χ1v) is 11.6. The Balaban J connectivity index is 1.38. The zero-order valence-corrected chi connectivity index (χ0v) is 17.8. The van der Waals surface area contributed by atoms with Gasteiger partial charge in [0.15, 0.2) is 6.61 Å². The largest absolute Gasteiger partial charge is 0.484 e. The van der Waals surface area contributed by atoms with Crippen LogP contribution < -0.4 is 4.74 Å². The van der Waals surface area contributed by atoms with Gasteiger partial charge in [-0.15, -0.1) is 0 Å². The highest BCUT2D eigenvalue weighted by Crippen LogP contribution is 2.23. The molecular formula is C22H25N3O4S. The highest BCUT2D eigenvalue weighted by molar-refractivity contribution is 7.89. The van der Waals surface area contributed by atoms with E-state index in [0.29, 0.717) is 30.6 Å². The SMILES string of the molecule is CCc1ccc(-c2noc(COc3ccc(S(=O)(=O)N4CCCCC4)cc3)n2)cc1. The standard InChI is InChI=1S/C22H25N3O4S/c1-2-17-6-8-18(9-7-17)22-23-21(29-24-22)16-28-19-10-12-20(13-11-19)30(26,27)25-14-4-3-5-15-25/h6-13H,2-5,14-16H2,1H3. The van der Waals surface area contributed by atoms with Crippen LogP contribution in [0.25, 0.3) is 11.4 Å². The van der Waals surface area contributed by atoms with Crippen LogP contribution in [0.5, 0.6) is 5.75 Å². The number of aryl methyl sites for hydroxylation is 1. The summed E-state index contributed by atoms with van der Waals surface area (Å²) < 4.78 is 37.9. The van der Waals surface area contributed by atoms with Gasteiger partial charge in [0.05, 0.1) is 4.90 Å². The van der Waals surface area contributed by atoms with Gasteiger partial charge in [-0.1, -0.05) is 42.8 Å². The molecule has 0 unspecified atom stereocenters. The molecule has 0 aliphatic carbocycles. The Morgan fingerprint density at radius 1 is 1.00 bits per heavy atom. The molecule has 0 bridgehead atoms. The minimum atomic E-state index is -3.44. The van der Waals surface area contributed by atoms with Crippen LogP contribution in [-0.2, 0) is 23.1 Å². The van der Waals surface area contributed by atoms with Crippen LogP contribution in [0.2, 0.25) is 0 Å². The van der Waals surface area contributed by atoms with Gasteiger partial charge in [-0.3, -0.25) is 0 Å². The average Bonchev–Trinajstić information content (AvgIpc) is 3.28. The maximum atomic E-state index is 12.7. The van der Waals surface area contributed by atoms with E-state index in [9.17, 15) is 8.42 Å². The minimum Gasteiger partial charge on any atom is -0.484 e. The van der Waals surface area contributed by atoms with Crippen LogP contribution in [0.1, 0.15) is 37.6 Å². The summed E-state index contributed by atoms with van der Waals surface area (Å²) in [5, 5.41) is 4.00. The summed E-state index contributed by atoms with van der Waals surface area (Å²) in [5.74, 6) is 1.41. The summed E-state index contributed by atoms with van der Waals surface area (Å²) in [4.78, 5) is 4.65. The molecule has 1 aliphatic heterocycles. The Morgan fingerprint density at radius 3 is 2.37 bits per heavy atom. The second kappa shape index (κ2) is 8.97. The van der Waals surface area contributed by atoms with E-state index in [1.165, 1.54) is 5.56 Å². The van der Waals surface area contributed by atoms with Crippen molar-refractivity contribution in [3.8, 4) is 17.1 Å². The van der Waals surface area contributed by atoms with Gasteiger partial charge >= 0.3 is 0 Å². The first-order chi connectivity index (χ1) is 14.6.